The van der Waals surface area contributed by atoms with Crippen LogP contribution in [-0.2, 0) is 27.2 Å². The molecule has 2 heterocycles. The first-order chi connectivity index (χ1) is 12.7. The van der Waals surface area contributed by atoms with Crippen LogP contribution in [0.2, 0.25) is 0 Å². The van der Waals surface area contributed by atoms with Crippen LogP contribution in [-0.4, -0.2) is 60.5 Å². The number of hydrogen-bond donors (Lipinski definition) is 0. The number of ether oxygens (including phenoxy) is 1. The summed E-state index contributed by atoms with van der Waals surface area (Å²) in [7, 11) is 0. The Morgan fingerprint density at radius 3 is 2.38 bits per heavy atom. The molecule has 2 fully saturated rings. The summed E-state index contributed by atoms with van der Waals surface area (Å²) in [5.74, 6) is 0.295. The van der Waals surface area contributed by atoms with Crippen LogP contribution in [0.25, 0.3) is 0 Å². The SMILES string of the molecule is CCc1ccc(CCC(=O)N2CCCN(C(=O)C3CCCO3)CC2)cc1. The van der Waals surface area contributed by atoms with E-state index in [1.165, 1.54) is 11.1 Å². The molecule has 0 radical (unpaired) electrons. The van der Waals surface area contributed by atoms with Gasteiger partial charge >= 0.3 is 0 Å². The van der Waals surface area contributed by atoms with Gasteiger partial charge < -0.3 is 14.5 Å². The standard InChI is InChI=1S/C21H30N2O3/c1-2-17-6-8-18(9-7-17)10-11-20(24)22-12-4-13-23(15-14-22)21(25)19-5-3-16-26-19/h6-9,19H,2-5,10-16H2,1H3. The molecule has 2 aliphatic rings. The minimum atomic E-state index is -0.261. The van der Waals surface area contributed by atoms with Crippen molar-refractivity contribution in [1.82, 2.24) is 9.80 Å². The molecule has 142 valence electrons. The number of aryl methyl sites for hydroxylation is 2. The molecule has 26 heavy (non-hydrogen) atoms. The summed E-state index contributed by atoms with van der Waals surface area (Å²) in [5, 5.41) is 0. The number of benzene rings is 1. The Kier molecular flexibility index (Phi) is 6.67. The third kappa shape index (κ3) is 4.85. The topological polar surface area (TPSA) is 49.9 Å². The molecule has 0 saturated carbocycles. The minimum Gasteiger partial charge on any atom is -0.368 e. The maximum absolute atomic E-state index is 12.6. The average Bonchev–Trinajstić information content (AvgIpc) is 3.10. The molecule has 2 amide bonds. The molecular weight excluding hydrogens is 328 g/mol. The van der Waals surface area contributed by atoms with Crippen molar-refractivity contribution >= 4 is 11.8 Å². The van der Waals surface area contributed by atoms with Crippen LogP contribution < -0.4 is 0 Å². The first kappa shape index (κ1) is 18.9. The van der Waals surface area contributed by atoms with Gasteiger partial charge in [0.15, 0.2) is 0 Å². The Morgan fingerprint density at radius 2 is 1.69 bits per heavy atom. The lowest BCUT2D eigenvalue weighted by atomic mass is 10.1. The Labute approximate surface area is 156 Å². The van der Waals surface area contributed by atoms with Crippen molar-refractivity contribution in [2.75, 3.05) is 32.8 Å². The van der Waals surface area contributed by atoms with Crippen molar-refractivity contribution in [2.45, 2.75) is 51.6 Å². The average molecular weight is 358 g/mol. The smallest absolute Gasteiger partial charge is 0.251 e. The molecule has 0 spiro atoms. The lowest BCUT2D eigenvalue weighted by molar-refractivity contribution is -0.141. The molecule has 2 aliphatic heterocycles. The number of nitrogens with zero attached hydrogens (tertiary/aromatic N) is 2. The fourth-order valence-corrected chi connectivity index (χ4v) is 3.71. The van der Waals surface area contributed by atoms with Crippen molar-refractivity contribution in [2.24, 2.45) is 0 Å². The molecule has 0 aliphatic carbocycles. The fraction of sp³-hybridized carbons (Fsp3) is 0.619. The molecule has 0 aromatic heterocycles. The normalized spacial score (nSPS) is 20.9. The molecule has 1 aromatic rings. The van der Waals surface area contributed by atoms with Crippen LogP contribution in [0.3, 0.4) is 0 Å². The Morgan fingerprint density at radius 1 is 1.00 bits per heavy atom. The van der Waals surface area contributed by atoms with E-state index in [0.717, 1.165) is 45.2 Å². The second-order valence-electron chi connectivity index (χ2n) is 7.23. The van der Waals surface area contributed by atoms with Gasteiger partial charge in [-0.1, -0.05) is 31.2 Å². The molecule has 1 aromatic carbocycles. The fourth-order valence-electron chi connectivity index (χ4n) is 3.71. The lowest BCUT2D eigenvalue weighted by Crippen LogP contribution is -2.41. The van der Waals surface area contributed by atoms with E-state index in [2.05, 4.69) is 31.2 Å². The van der Waals surface area contributed by atoms with Gasteiger partial charge in [-0.15, -0.1) is 0 Å². The van der Waals surface area contributed by atoms with Crippen molar-refractivity contribution in [3.8, 4) is 0 Å². The second kappa shape index (κ2) is 9.17. The molecule has 1 atom stereocenters. The van der Waals surface area contributed by atoms with E-state index in [4.69, 9.17) is 4.74 Å². The highest BCUT2D eigenvalue weighted by atomic mass is 16.5. The van der Waals surface area contributed by atoms with E-state index in [1.54, 1.807) is 0 Å². The maximum atomic E-state index is 12.6. The van der Waals surface area contributed by atoms with Crippen LogP contribution in [0.1, 0.15) is 43.7 Å². The number of carbonyl (C=O) groups excluding carboxylic acids is 2. The largest absolute Gasteiger partial charge is 0.368 e. The van der Waals surface area contributed by atoms with Gasteiger partial charge in [-0.05, 0) is 43.2 Å². The zero-order valence-electron chi connectivity index (χ0n) is 15.8. The van der Waals surface area contributed by atoms with Gasteiger partial charge in [0.2, 0.25) is 5.91 Å². The van der Waals surface area contributed by atoms with E-state index in [1.807, 2.05) is 9.80 Å². The molecule has 5 nitrogen and oxygen atoms in total. The molecule has 5 heteroatoms. The quantitative estimate of drug-likeness (QED) is 0.812. The third-order valence-electron chi connectivity index (χ3n) is 5.42. The van der Waals surface area contributed by atoms with Gasteiger partial charge in [-0.3, -0.25) is 9.59 Å². The third-order valence-corrected chi connectivity index (χ3v) is 5.42. The monoisotopic (exact) mass is 358 g/mol. The summed E-state index contributed by atoms with van der Waals surface area (Å²) in [6, 6.07) is 8.52. The van der Waals surface area contributed by atoms with Gasteiger partial charge in [0, 0.05) is 39.2 Å². The summed E-state index contributed by atoms with van der Waals surface area (Å²) in [6.07, 6.45) is 4.72. The predicted molar refractivity (Wildman–Crippen MR) is 101 cm³/mol. The summed E-state index contributed by atoms with van der Waals surface area (Å²) < 4.78 is 5.52. The van der Waals surface area contributed by atoms with E-state index >= 15 is 0 Å². The first-order valence-corrected chi connectivity index (χ1v) is 9.93. The zero-order valence-corrected chi connectivity index (χ0v) is 15.8. The van der Waals surface area contributed by atoms with Crippen LogP contribution in [0.15, 0.2) is 24.3 Å². The Hall–Kier alpha value is -1.88. The van der Waals surface area contributed by atoms with Crippen LogP contribution >= 0.6 is 0 Å². The van der Waals surface area contributed by atoms with E-state index in [9.17, 15) is 9.59 Å². The molecule has 1 unspecified atom stereocenters. The van der Waals surface area contributed by atoms with E-state index in [-0.39, 0.29) is 17.9 Å². The van der Waals surface area contributed by atoms with Crippen molar-refractivity contribution in [3.05, 3.63) is 35.4 Å². The highest BCUT2D eigenvalue weighted by Gasteiger charge is 2.29. The van der Waals surface area contributed by atoms with Crippen LogP contribution in [0.5, 0.6) is 0 Å². The minimum absolute atomic E-state index is 0.104. The summed E-state index contributed by atoms with van der Waals surface area (Å²) in [6.45, 7) is 5.55. The van der Waals surface area contributed by atoms with Gasteiger partial charge in [0.05, 0.1) is 0 Å². The highest BCUT2D eigenvalue weighted by Crippen LogP contribution is 2.16. The van der Waals surface area contributed by atoms with Crippen LogP contribution in [0, 0.1) is 0 Å². The van der Waals surface area contributed by atoms with Gasteiger partial charge in [0.1, 0.15) is 6.10 Å². The summed E-state index contributed by atoms with van der Waals surface area (Å²) in [5.41, 5.74) is 2.53. The number of amides is 2. The summed E-state index contributed by atoms with van der Waals surface area (Å²) >= 11 is 0. The van der Waals surface area contributed by atoms with E-state index < -0.39 is 0 Å². The molecule has 3 rings (SSSR count). The van der Waals surface area contributed by atoms with E-state index in [0.29, 0.717) is 26.1 Å². The number of hydrogen-bond acceptors (Lipinski definition) is 3. The first-order valence-electron chi connectivity index (χ1n) is 9.93. The Balaban J connectivity index is 1.46. The van der Waals surface area contributed by atoms with Crippen molar-refractivity contribution in [3.63, 3.8) is 0 Å². The molecule has 0 bridgehead atoms. The van der Waals surface area contributed by atoms with Gasteiger partial charge in [-0.2, -0.15) is 0 Å². The van der Waals surface area contributed by atoms with Crippen LogP contribution in [0.4, 0.5) is 0 Å². The maximum Gasteiger partial charge on any atom is 0.251 e. The number of carbonyl (C=O) groups is 2. The lowest BCUT2D eigenvalue weighted by Gasteiger charge is -2.24. The zero-order chi connectivity index (χ0) is 18.4. The van der Waals surface area contributed by atoms with Crippen molar-refractivity contribution < 1.29 is 14.3 Å². The highest BCUT2D eigenvalue weighted by molar-refractivity contribution is 5.81. The molecule has 0 N–H and O–H groups in total. The Bertz CT molecular complexity index is 608. The van der Waals surface area contributed by atoms with Gasteiger partial charge in [-0.25, -0.2) is 0 Å². The number of rotatable bonds is 5. The molecule has 2 saturated heterocycles. The van der Waals surface area contributed by atoms with Gasteiger partial charge in [0.25, 0.3) is 5.91 Å². The summed E-state index contributed by atoms with van der Waals surface area (Å²) in [4.78, 5) is 28.9. The molecular formula is C21H30N2O3. The second-order valence-corrected chi connectivity index (χ2v) is 7.23. The van der Waals surface area contributed by atoms with Crippen molar-refractivity contribution in [1.29, 1.82) is 0 Å². The predicted octanol–water partition coefficient (Wildman–Crippen LogP) is 2.42.